The number of pyridine rings is 2. The van der Waals surface area contributed by atoms with Crippen LogP contribution < -0.4 is 4.90 Å². The van der Waals surface area contributed by atoms with Gasteiger partial charge >= 0.3 is 0 Å². The highest BCUT2D eigenvalue weighted by atomic mass is 16.5. The van der Waals surface area contributed by atoms with Gasteiger partial charge in [-0.2, -0.15) is 0 Å². The fourth-order valence-corrected chi connectivity index (χ4v) is 3.68. The van der Waals surface area contributed by atoms with E-state index < -0.39 is 0 Å². The van der Waals surface area contributed by atoms with Crippen LogP contribution in [-0.2, 0) is 17.7 Å². The number of morpholine rings is 1. The highest BCUT2D eigenvalue weighted by molar-refractivity contribution is 6.03. The van der Waals surface area contributed by atoms with Gasteiger partial charge in [0, 0.05) is 44.1 Å². The van der Waals surface area contributed by atoms with E-state index in [1.165, 1.54) is 5.56 Å². The molecule has 0 bridgehead atoms. The lowest BCUT2D eigenvalue weighted by Crippen LogP contribution is -2.37. The first-order valence-corrected chi connectivity index (χ1v) is 9.68. The maximum Gasteiger partial charge on any atom is 0.258 e. The monoisotopic (exact) mass is 366 g/mol. The minimum atomic E-state index is 0.0818. The molecule has 27 heavy (non-hydrogen) atoms. The minimum absolute atomic E-state index is 0.0818. The Kier molecular flexibility index (Phi) is 5.07. The summed E-state index contributed by atoms with van der Waals surface area (Å²) in [5, 5.41) is 0. The molecule has 0 atom stereocenters. The van der Waals surface area contributed by atoms with Crippen molar-refractivity contribution in [3.8, 4) is 0 Å². The summed E-state index contributed by atoms with van der Waals surface area (Å²) in [5.74, 6) is 0.560. The number of rotatable bonds is 5. The van der Waals surface area contributed by atoms with Crippen LogP contribution in [0.1, 0.15) is 47.1 Å². The molecule has 2 aromatic heterocycles. The third-order valence-corrected chi connectivity index (χ3v) is 5.35. The van der Waals surface area contributed by atoms with Crippen molar-refractivity contribution < 1.29 is 9.53 Å². The zero-order chi connectivity index (χ0) is 18.8. The number of carbonyl (C=O) groups excluding carboxylic acids is 1. The van der Waals surface area contributed by atoms with Crippen molar-refractivity contribution >= 4 is 11.6 Å². The van der Waals surface area contributed by atoms with Crippen molar-refractivity contribution in [2.75, 3.05) is 37.7 Å². The van der Waals surface area contributed by atoms with Crippen LogP contribution >= 0.6 is 0 Å². The van der Waals surface area contributed by atoms with E-state index in [0.717, 1.165) is 42.1 Å². The molecule has 0 aromatic carbocycles. The highest BCUT2D eigenvalue weighted by Gasteiger charge is 2.32. The summed E-state index contributed by atoms with van der Waals surface area (Å²) in [6.07, 6.45) is 4.51. The summed E-state index contributed by atoms with van der Waals surface area (Å²) < 4.78 is 5.44. The van der Waals surface area contributed by atoms with E-state index in [-0.39, 0.29) is 5.91 Å². The molecule has 2 aliphatic heterocycles. The zero-order valence-electron chi connectivity index (χ0n) is 16.0. The van der Waals surface area contributed by atoms with E-state index in [1.807, 2.05) is 23.4 Å². The lowest BCUT2D eigenvalue weighted by Gasteiger charge is -2.30. The number of nitrogens with zero attached hydrogens (tertiary/aromatic N) is 4. The standard InChI is InChI=1S/C21H26N4O2/c1-15(2)16-3-4-17(23-13-16)6-8-25-14-18-20(21(25)26)19(5-7-22-18)24-9-11-27-12-10-24/h3-5,7,13,15H,6,8-12,14H2,1-2H3. The molecule has 0 N–H and O–H groups in total. The maximum atomic E-state index is 13.0. The molecule has 0 saturated carbocycles. The van der Waals surface area contributed by atoms with Gasteiger partial charge in [0.25, 0.3) is 5.91 Å². The molecule has 142 valence electrons. The third kappa shape index (κ3) is 3.67. The molecule has 6 heteroatoms. The van der Waals surface area contributed by atoms with Gasteiger partial charge in [0.2, 0.25) is 0 Å². The van der Waals surface area contributed by atoms with Gasteiger partial charge in [0.05, 0.1) is 36.7 Å². The predicted octanol–water partition coefficient (Wildman–Crippen LogP) is 2.64. The first-order chi connectivity index (χ1) is 13.1. The molecular weight excluding hydrogens is 340 g/mol. The fraction of sp³-hybridized carbons (Fsp3) is 0.476. The van der Waals surface area contributed by atoms with Crippen LogP contribution in [0.2, 0.25) is 0 Å². The van der Waals surface area contributed by atoms with Gasteiger partial charge < -0.3 is 14.5 Å². The van der Waals surface area contributed by atoms with Gasteiger partial charge in [0.1, 0.15) is 0 Å². The van der Waals surface area contributed by atoms with E-state index in [0.29, 0.717) is 32.2 Å². The van der Waals surface area contributed by atoms with Crippen molar-refractivity contribution in [3.05, 3.63) is 53.1 Å². The van der Waals surface area contributed by atoms with Crippen LogP contribution in [-0.4, -0.2) is 53.6 Å². The Balaban J connectivity index is 1.45. The Labute approximate surface area is 160 Å². The second kappa shape index (κ2) is 7.64. The molecule has 2 aliphatic rings. The molecule has 0 spiro atoms. The second-order valence-electron chi connectivity index (χ2n) is 7.47. The molecule has 2 aromatic rings. The Morgan fingerprint density at radius 1 is 1.15 bits per heavy atom. The SMILES string of the molecule is CC(C)c1ccc(CCN2Cc3nccc(N4CCOCC4)c3C2=O)nc1. The van der Waals surface area contributed by atoms with Crippen molar-refractivity contribution in [1.29, 1.82) is 0 Å². The molecule has 6 nitrogen and oxygen atoms in total. The topological polar surface area (TPSA) is 58.6 Å². The number of aromatic nitrogens is 2. The number of carbonyl (C=O) groups is 1. The van der Waals surface area contributed by atoms with Crippen LogP contribution in [0.4, 0.5) is 5.69 Å². The maximum absolute atomic E-state index is 13.0. The van der Waals surface area contributed by atoms with Crippen molar-refractivity contribution in [2.24, 2.45) is 0 Å². The van der Waals surface area contributed by atoms with E-state index >= 15 is 0 Å². The Bertz CT molecular complexity index is 813. The van der Waals surface area contributed by atoms with Gasteiger partial charge in [-0.05, 0) is 23.6 Å². The summed E-state index contributed by atoms with van der Waals surface area (Å²) in [7, 11) is 0. The Morgan fingerprint density at radius 3 is 2.67 bits per heavy atom. The van der Waals surface area contributed by atoms with Crippen LogP contribution in [0.3, 0.4) is 0 Å². The summed E-state index contributed by atoms with van der Waals surface area (Å²) >= 11 is 0. The lowest BCUT2D eigenvalue weighted by atomic mass is 10.1. The second-order valence-corrected chi connectivity index (χ2v) is 7.47. The smallest absolute Gasteiger partial charge is 0.258 e. The zero-order valence-corrected chi connectivity index (χ0v) is 16.0. The normalized spacial score (nSPS) is 16.9. The lowest BCUT2D eigenvalue weighted by molar-refractivity contribution is 0.0779. The molecule has 0 radical (unpaired) electrons. The summed E-state index contributed by atoms with van der Waals surface area (Å²) in [5.41, 5.74) is 4.90. The average molecular weight is 366 g/mol. The molecule has 1 fully saturated rings. The quantitative estimate of drug-likeness (QED) is 0.814. The van der Waals surface area contributed by atoms with E-state index in [9.17, 15) is 4.79 Å². The molecule has 4 heterocycles. The first kappa shape index (κ1) is 17.9. The fourth-order valence-electron chi connectivity index (χ4n) is 3.68. The molecular formula is C21H26N4O2. The van der Waals surface area contributed by atoms with Crippen LogP contribution in [0, 0.1) is 0 Å². The van der Waals surface area contributed by atoms with Gasteiger partial charge in [-0.15, -0.1) is 0 Å². The number of ether oxygens (including phenoxy) is 1. The van der Waals surface area contributed by atoms with Gasteiger partial charge in [-0.3, -0.25) is 14.8 Å². The highest BCUT2D eigenvalue weighted by Crippen LogP contribution is 2.30. The summed E-state index contributed by atoms with van der Waals surface area (Å²) in [6.45, 7) is 8.60. The minimum Gasteiger partial charge on any atom is -0.378 e. The number of hydrogen-bond donors (Lipinski definition) is 0. The Morgan fingerprint density at radius 2 is 1.96 bits per heavy atom. The van der Waals surface area contributed by atoms with Crippen LogP contribution in [0.25, 0.3) is 0 Å². The predicted molar refractivity (Wildman–Crippen MR) is 104 cm³/mol. The van der Waals surface area contributed by atoms with Crippen LogP contribution in [0.15, 0.2) is 30.6 Å². The molecule has 0 aliphatic carbocycles. The van der Waals surface area contributed by atoms with Gasteiger partial charge in [-0.1, -0.05) is 19.9 Å². The van der Waals surface area contributed by atoms with Crippen LogP contribution in [0.5, 0.6) is 0 Å². The summed E-state index contributed by atoms with van der Waals surface area (Å²) in [6, 6.07) is 6.16. The number of anilines is 1. The van der Waals surface area contributed by atoms with Crippen molar-refractivity contribution in [1.82, 2.24) is 14.9 Å². The first-order valence-electron chi connectivity index (χ1n) is 9.68. The molecule has 1 amide bonds. The van der Waals surface area contributed by atoms with Gasteiger partial charge in [-0.25, -0.2) is 0 Å². The molecule has 1 saturated heterocycles. The van der Waals surface area contributed by atoms with E-state index in [4.69, 9.17) is 4.74 Å². The van der Waals surface area contributed by atoms with E-state index in [2.05, 4.69) is 40.8 Å². The van der Waals surface area contributed by atoms with E-state index in [1.54, 1.807) is 0 Å². The van der Waals surface area contributed by atoms with Gasteiger partial charge in [0.15, 0.2) is 0 Å². The average Bonchev–Trinajstić information content (AvgIpc) is 3.03. The number of amides is 1. The third-order valence-electron chi connectivity index (χ3n) is 5.35. The van der Waals surface area contributed by atoms with Crippen molar-refractivity contribution in [3.63, 3.8) is 0 Å². The number of hydrogen-bond acceptors (Lipinski definition) is 5. The largest absolute Gasteiger partial charge is 0.378 e. The molecule has 0 unspecified atom stereocenters. The molecule has 4 rings (SSSR count). The van der Waals surface area contributed by atoms with Crippen molar-refractivity contribution in [2.45, 2.75) is 32.7 Å². The summed E-state index contributed by atoms with van der Waals surface area (Å²) in [4.78, 5) is 26.2. The Hall–Kier alpha value is -2.47. The number of fused-ring (bicyclic) bond motifs is 1.